The summed E-state index contributed by atoms with van der Waals surface area (Å²) in [5, 5.41) is 22.7. The molecular weight excluding hydrogens is 548 g/mol. The summed E-state index contributed by atoms with van der Waals surface area (Å²) < 4.78 is 31.5. The number of hydrogen-bond acceptors (Lipinski definition) is 3. The molecule has 3 aromatic rings. The number of halogens is 3. The molecule has 0 radical (unpaired) electrons. The molecule has 1 aliphatic heterocycles. The smallest absolute Gasteiger partial charge is 0.335 e. The van der Waals surface area contributed by atoms with E-state index in [4.69, 9.17) is 16.7 Å². The molecule has 0 bridgehead atoms. The van der Waals surface area contributed by atoms with E-state index >= 15 is 8.78 Å². The Morgan fingerprint density at radius 1 is 1.15 bits per heavy atom. The van der Waals surface area contributed by atoms with Gasteiger partial charge in [0.15, 0.2) is 0 Å². The van der Waals surface area contributed by atoms with Gasteiger partial charge in [-0.1, -0.05) is 68.8 Å². The van der Waals surface area contributed by atoms with Gasteiger partial charge in [-0.2, -0.15) is 5.26 Å². The second-order valence-electron chi connectivity index (χ2n) is 11.8. The molecule has 0 aliphatic carbocycles. The van der Waals surface area contributed by atoms with Crippen LogP contribution < -0.4 is 5.32 Å². The lowest BCUT2D eigenvalue weighted by Gasteiger charge is -2.38. The van der Waals surface area contributed by atoms with Crippen LogP contribution in [0.3, 0.4) is 0 Å². The Labute approximate surface area is 243 Å². The van der Waals surface area contributed by atoms with Crippen LogP contribution in [0.15, 0.2) is 60.7 Å². The number of nitriles is 1. The van der Waals surface area contributed by atoms with E-state index in [9.17, 15) is 14.9 Å². The molecule has 1 saturated heterocycles. The van der Waals surface area contributed by atoms with Gasteiger partial charge in [0, 0.05) is 30.1 Å². The number of nitrogens with one attached hydrogen (secondary N) is 1. The third kappa shape index (κ3) is 5.91. The monoisotopic (exact) mass is 579 g/mol. The van der Waals surface area contributed by atoms with E-state index in [-0.39, 0.29) is 40.2 Å². The first-order valence-corrected chi connectivity index (χ1v) is 13.6. The molecule has 0 spiro atoms. The molecule has 41 heavy (non-hydrogen) atoms. The Kier molecular flexibility index (Phi) is 8.41. The van der Waals surface area contributed by atoms with Gasteiger partial charge in [0.05, 0.1) is 22.7 Å². The first kappa shape index (κ1) is 30.0. The van der Waals surface area contributed by atoms with E-state index < -0.39 is 41.0 Å². The zero-order valence-electron chi connectivity index (χ0n) is 23.3. The number of carboxylic acids is 1. The van der Waals surface area contributed by atoms with Crippen LogP contribution in [0, 0.1) is 41.2 Å². The SMILES string of the molecule is Cc1ccc(C2(C#N)[C@H](CC(C)(C)C)CN(C(=O)NCc3ccc(C(=O)O)cc3)[C@@H]2c2cccc(Cl)c2F)c(F)c1. The lowest BCUT2D eigenvalue weighted by atomic mass is 9.63. The minimum atomic E-state index is -1.63. The maximum absolute atomic E-state index is 15.8. The van der Waals surface area contributed by atoms with Crippen molar-refractivity contribution in [2.75, 3.05) is 6.54 Å². The fourth-order valence-corrected chi connectivity index (χ4v) is 6.03. The Hall–Kier alpha value is -3.96. The van der Waals surface area contributed by atoms with Crippen molar-refractivity contribution < 1.29 is 23.5 Å². The quantitative estimate of drug-likeness (QED) is 0.318. The number of amides is 2. The maximum Gasteiger partial charge on any atom is 0.335 e. The second-order valence-corrected chi connectivity index (χ2v) is 12.2. The summed E-state index contributed by atoms with van der Waals surface area (Å²) in [5.41, 5.74) is -0.379. The van der Waals surface area contributed by atoms with E-state index in [0.29, 0.717) is 17.5 Å². The number of benzene rings is 3. The second kappa shape index (κ2) is 11.5. The number of carboxylic acid groups (broad SMARTS) is 1. The molecular formula is C32H32ClF2N3O3. The van der Waals surface area contributed by atoms with Gasteiger partial charge >= 0.3 is 12.0 Å². The van der Waals surface area contributed by atoms with Gasteiger partial charge in [-0.25, -0.2) is 18.4 Å². The molecule has 9 heteroatoms. The number of aryl methyl sites for hydroxylation is 1. The van der Waals surface area contributed by atoms with Crippen LogP contribution >= 0.6 is 11.6 Å². The number of hydrogen-bond donors (Lipinski definition) is 2. The highest BCUT2D eigenvalue weighted by Crippen LogP contribution is 2.56. The van der Waals surface area contributed by atoms with Gasteiger partial charge in [-0.3, -0.25) is 0 Å². The van der Waals surface area contributed by atoms with Crippen molar-refractivity contribution >= 4 is 23.6 Å². The van der Waals surface area contributed by atoms with E-state index in [1.54, 1.807) is 37.3 Å². The molecule has 1 unspecified atom stereocenters. The maximum atomic E-state index is 15.8. The summed E-state index contributed by atoms with van der Waals surface area (Å²) in [6, 6.07) is 15.7. The van der Waals surface area contributed by atoms with E-state index in [1.807, 2.05) is 20.8 Å². The summed E-state index contributed by atoms with van der Waals surface area (Å²) in [6.07, 6.45) is 0.451. The average molecular weight is 580 g/mol. The van der Waals surface area contributed by atoms with E-state index in [1.165, 1.54) is 35.2 Å². The van der Waals surface area contributed by atoms with Crippen molar-refractivity contribution in [1.29, 1.82) is 5.26 Å². The van der Waals surface area contributed by atoms with Crippen LogP contribution in [-0.2, 0) is 12.0 Å². The molecule has 3 aromatic carbocycles. The third-order valence-electron chi connectivity index (χ3n) is 7.60. The molecule has 2 N–H and O–H groups in total. The Balaban J connectivity index is 1.85. The van der Waals surface area contributed by atoms with Gasteiger partial charge in [0.1, 0.15) is 17.0 Å². The summed E-state index contributed by atoms with van der Waals surface area (Å²) in [4.78, 5) is 26.4. The topological polar surface area (TPSA) is 93.4 Å². The number of nitrogens with zero attached hydrogens (tertiary/aromatic N) is 2. The number of urea groups is 1. The standard InChI is InChI=1S/C32H32ClF2N3O3/c1-19-8-13-24(26(34)14-19)32(18-36)22(15-31(2,3)4)17-38(28(32)23-6-5-7-25(33)27(23)35)30(41)37-16-20-9-11-21(12-10-20)29(39)40/h5-14,22,28H,15-17H2,1-4H3,(H,37,41)(H,39,40)/t22-,28-,32?/m1/s1. The molecule has 3 atom stereocenters. The molecule has 6 nitrogen and oxygen atoms in total. The molecule has 4 rings (SSSR count). The zero-order chi connectivity index (χ0) is 30.1. The minimum absolute atomic E-state index is 0.0244. The summed E-state index contributed by atoms with van der Waals surface area (Å²) in [7, 11) is 0. The number of carbonyl (C=O) groups is 2. The number of rotatable bonds is 6. The molecule has 1 heterocycles. The number of carbonyl (C=O) groups excluding carboxylic acids is 1. The first-order valence-electron chi connectivity index (χ1n) is 13.3. The van der Waals surface area contributed by atoms with Crippen molar-refractivity contribution in [3.8, 4) is 6.07 Å². The van der Waals surface area contributed by atoms with Crippen LogP contribution in [0.4, 0.5) is 13.6 Å². The highest BCUT2D eigenvalue weighted by atomic mass is 35.5. The fraction of sp³-hybridized carbons (Fsp3) is 0.344. The molecule has 1 fully saturated rings. The molecule has 1 aliphatic rings. The molecule has 0 aromatic heterocycles. The highest BCUT2D eigenvalue weighted by molar-refractivity contribution is 6.30. The zero-order valence-corrected chi connectivity index (χ0v) is 24.1. The highest BCUT2D eigenvalue weighted by Gasteiger charge is 2.60. The first-order chi connectivity index (χ1) is 19.3. The van der Waals surface area contributed by atoms with Crippen LogP contribution in [0.2, 0.25) is 5.02 Å². The van der Waals surface area contributed by atoms with Crippen LogP contribution in [0.5, 0.6) is 0 Å². The molecule has 2 amide bonds. The van der Waals surface area contributed by atoms with Gasteiger partial charge in [-0.05, 0) is 54.2 Å². The minimum Gasteiger partial charge on any atom is -0.478 e. The fourth-order valence-electron chi connectivity index (χ4n) is 5.85. The van der Waals surface area contributed by atoms with Crippen molar-refractivity contribution in [3.63, 3.8) is 0 Å². The largest absolute Gasteiger partial charge is 0.478 e. The summed E-state index contributed by atoms with van der Waals surface area (Å²) in [6.45, 7) is 7.86. The summed E-state index contributed by atoms with van der Waals surface area (Å²) in [5.74, 6) is -2.98. The predicted molar refractivity (Wildman–Crippen MR) is 152 cm³/mol. The third-order valence-corrected chi connectivity index (χ3v) is 7.89. The van der Waals surface area contributed by atoms with E-state index in [0.717, 1.165) is 0 Å². The van der Waals surface area contributed by atoms with Crippen LogP contribution in [0.1, 0.15) is 65.8 Å². The van der Waals surface area contributed by atoms with Gasteiger partial charge < -0.3 is 15.3 Å². The summed E-state index contributed by atoms with van der Waals surface area (Å²) >= 11 is 6.18. The average Bonchev–Trinajstić information content (AvgIpc) is 3.22. The Morgan fingerprint density at radius 2 is 1.83 bits per heavy atom. The number of likely N-dealkylation sites (tertiary alicyclic amines) is 1. The van der Waals surface area contributed by atoms with Gasteiger partial charge in [-0.15, -0.1) is 0 Å². The lowest BCUT2D eigenvalue weighted by Crippen LogP contribution is -2.44. The van der Waals surface area contributed by atoms with Crippen molar-refractivity contribution in [3.05, 3.63) is 105 Å². The van der Waals surface area contributed by atoms with Gasteiger partial charge in [0.2, 0.25) is 0 Å². The normalized spacial score (nSPS) is 20.5. The van der Waals surface area contributed by atoms with Crippen molar-refractivity contribution in [1.82, 2.24) is 10.2 Å². The van der Waals surface area contributed by atoms with Crippen molar-refractivity contribution in [2.45, 2.75) is 52.1 Å². The van der Waals surface area contributed by atoms with Crippen molar-refractivity contribution in [2.24, 2.45) is 11.3 Å². The Morgan fingerprint density at radius 3 is 2.41 bits per heavy atom. The Bertz CT molecular complexity index is 1510. The lowest BCUT2D eigenvalue weighted by molar-refractivity contribution is 0.0696. The predicted octanol–water partition coefficient (Wildman–Crippen LogP) is 7.41. The van der Waals surface area contributed by atoms with E-state index in [2.05, 4.69) is 11.4 Å². The van der Waals surface area contributed by atoms with Crippen LogP contribution in [0.25, 0.3) is 0 Å². The number of aromatic carboxylic acids is 1. The molecule has 214 valence electrons. The molecule has 0 saturated carbocycles. The van der Waals surface area contributed by atoms with Crippen LogP contribution in [-0.4, -0.2) is 28.6 Å². The van der Waals surface area contributed by atoms with Gasteiger partial charge in [0.25, 0.3) is 0 Å².